The highest BCUT2D eigenvalue weighted by Gasteiger charge is 2.37. The summed E-state index contributed by atoms with van der Waals surface area (Å²) in [5, 5.41) is 0. The van der Waals surface area contributed by atoms with Crippen LogP contribution in [-0.4, -0.2) is 38.2 Å². The molecule has 0 spiro atoms. The van der Waals surface area contributed by atoms with E-state index in [-0.39, 0.29) is 18.1 Å². The molecular formula is C14H17NO4S. The van der Waals surface area contributed by atoms with Crippen LogP contribution in [0.25, 0.3) is 0 Å². The van der Waals surface area contributed by atoms with Crippen LogP contribution in [0.5, 0.6) is 0 Å². The molecule has 0 N–H and O–H groups in total. The van der Waals surface area contributed by atoms with Crippen LogP contribution in [-0.2, 0) is 14.6 Å². The Morgan fingerprint density at radius 3 is 2.40 bits per heavy atom. The minimum absolute atomic E-state index is 0.0244. The molecule has 1 heterocycles. The number of anilines is 1. The summed E-state index contributed by atoms with van der Waals surface area (Å²) in [6.07, 6.45) is 0. The Hall–Kier alpha value is -1.69. The lowest BCUT2D eigenvalue weighted by Crippen LogP contribution is -2.34. The minimum atomic E-state index is -3.18. The lowest BCUT2D eigenvalue weighted by Gasteiger charge is -2.17. The lowest BCUT2D eigenvalue weighted by molar-refractivity contribution is -0.114. The third-order valence-electron chi connectivity index (χ3n) is 3.48. The van der Waals surface area contributed by atoms with Crippen molar-refractivity contribution in [2.75, 3.05) is 23.0 Å². The number of rotatable bonds is 4. The molecule has 0 aliphatic carbocycles. The zero-order chi connectivity index (χ0) is 15.1. The molecule has 1 aromatic rings. The number of fused-ring (bicyclic) bond motifs is 1. The Kier molecular flexibility index (Phi) is 3.69. The van der Waals surface area contributed by atoms with Gasteiger partial charge in [0.25, 0.3) is 11.7 Å². The van der Waals surface area contributed by atoms with Crippen molar-refractivity contribution in [3.05, 3.63) is 28.8 Å². The first-order valence-corrected chi connectivity index (χ1v) is 8.27. The van der Waals surface area contributed by atoms with Crippen LogP contribution in [0.2, 0.25) is 0 Å². The number of aryl methyl sites for hydroxylation is 2. The van der Waals surface area contributed by atoms with E-state index in [9.17, 15) is 18.0 Å². The van der Waals surface area contributed by atoms with Crippen LogP contribution in [0.1, 0.15) is 28.4 Å². The van der Waals surface area contributed by atoms with Crippen molar-refractivity contribution in [1.82, 2.24) is 0 Å². The molecule has 1 aliphatic rings. The van der Waals surface area contributed by atoms with Gasteiger partial charge in [0.1, 0.15) is 0 Å². The standard InChI is InChI=1S/C14H17NO4S/c1-4-20(18,19)6-5-15-11-8-9(2)7-10(3)12(11)13(16)14(15)17/h7-8H,4-6H2,1-3H3. The zero-order valence-corrected chi connectivity index (χ0v) is 12.6. The molecule has 5 nitrogen and oxygen atoms in total. The molecule has 0 fully saturated rings. The first-order valence-electron chi connectivity index (χ1n) is 6.44. The quantitative estimate of drug-likeness (QED) is 0.784. The van der Waals surface area contributed by atoms with Gasteiger partial charge in [-0.05, 0) is 31.0 Å². The van der Waals surface area contributed by atoms with Crippen LogP contribution >= 0.6 is 0 Å². The highest BCUT2D eigenvalue weighted by Crippen LogP contribution is 2.32. The molecule has 1 amide bonds. The maximum absolute atomic E-state index is 12.0. The van der Waals surface area contributed by atoms with Crippen LogP contribution < -0.4 is 4.90 Å². The molecule has 1 aliphatic heterocycles. The number of ketones is 1. The monoisotopic (exact) mass is 295 g/mol. The molecule has 1 aromatic carbocycles. The van der Waals surface area contributed by atoms with Crippen molar-refractivity contribution in [1.29, 1.82) is 0 Å². The molecule has 6 heteroatoms. The second kappa shape index (κ2) is 5.01. The summed E-state index contributed by atoms with van der Waals surface area (Å²) in [5.74, 6) is -1.29. The maximum Gasteiger partial charge on any atom is 0.299 e. The number of Topliss-reactive ketones (excluding diaryl/α,β-unsaturated/α-hetero) is 1. The maximum atomic E-state index is 12.0. The first kappa shape index (κ1) is 14.7. The van der Waals surface area contributed by atoms with E-state index < -0.39 is 21.5 Å². The molecule has 0 radical (unpaired) electrons. The van der Waals surface area contributed by atoms with Crippen molar-refractivity contribution < 1.29 is 18.0 Å². The van der Waals surface area contributed by atoms with E-state index in [1.54, 1.807) is 19.9 Å². The van der Waals surface area contributed by atoms with Gasteiger partial charge in [0, 0.05) is 12.3 Å². The summed E-state index contributed by atoms with van der Waals surface area (Å²) in [4.78, 5) is 25.3. The number of amides is 1. The van der Waals surface area contributed by atoms with Gasteiger partial charge < -0.3 is 4.90 Å². The highest BCUT2D eigenvalue weighted by molar-refractivity contribution is 7.91. The number of sulfone groups is 1. The van der Waals surface area contributed by atoms with Crippen molar-refractivity contribution in [2.24, 2.45) is 0 Å². The van der Waals surface area contributed by atoms with Gasteiger partial charge in [0.2, 0.25) is 0 Å². The van der Waals surface area contributed by atoms with E-state index in [0.29, 0.717) is 11.3 Å². The molecule has 0 bridgehead atoms. The van der Waals surface area contributed by atoms with Crippen LogP contribution in [0, 0.1) is 13.8 Å². The average Bonchev–Trinajstić information content (AvgIpc) is 2.60. The molecular weight excluding hydrogens is 278 g/mol. The third kappa shape index (κ3) is 2.47. The Morgan fingerprint density at radius 1 is 1.15 bits per heavy atom. The number of hydrogen-bond acceptors (Lipinski definition) is 4. The van der Waals surface area contributed by atoms with Gasteiger partial charge in [0.15, 0.2) is 9.84 Å². The topological polar surface area (TPSA) is 71.5 Å². The van der Waals surface area contributed by atoms with Gasteiger partial charge in [0.05, 0.1) is 17.0 Å². The van der Waals surface area contributed by atoms with Crippen molar-refractivity contribution in [3.8, 4) is 0 Å². The fourth-order valence-electron chi connectivity index (χ4n) is 2.39. The van der Waals surface area contributed by atoms with Gasteiger partial charge in [-0.2, -0.15) is 0 Å². The SMILES string of the molecule is CCS(=O)(=O)CCN1C(=O)C(=O)c2c(C)cc(C)cc21. The average molecular weight is 295 g/mol. The van der Waals surface area contributed by atoms with E-state index >= 15 is 0 Å². The van der Waals surface area contributed by atoms with Crippen molar-refractivity contribution >= 4 is 27.2 Å². The van der Waals surface area contributed by atoms with E-state index in [0.717, 1.165) is 11.1 Å². The predicted octanol–water partition coefficient (Wildman–Crippen LogP) is 1.27. The number of nitrogens with zero attached hydrogens (tertiary/aromatic N) is 1. The summed E-state index contributed by atoms with van der Waals surface area (Å²) < 4.78 is 23.1. The number of carbonyl (C=O) groups excluding carboxylic acids is 2. The van der Waals surface area contributed by atoms with Crippen molar-refractivity contribution in [3.63, 3.8) is 0 Å². The largest absolute Gasteiger partial charge is 0.304 e. The molecule has 20 heavy (non-hydrogen) atoms. The van der Waals surface area contributed by atoms with E-state index in [2.05, 4.69) is 0 Å². The number of hydrogen-bond donors (Lipinski definition) is 0. The van der Waals surface area contributed by atoms with E-state index in [4.69, 9.17) is 0 Å². The van der Waals surface area contributed by atoms with Gasteiger partial charge >= 0.3 is 0 Å². The van der Waals surface area contributed by atoms with Gasteiger partial charge in [-0.3, -0.25) is 9.59 Å². The molecule has 0 atom stereocenters. The summed E-state index contributed by atoms with van der Waals surface area (Å²) in [6.45, 7) is 5.25. The molecule has 0 saturated heterocycles. The second-order valence-electron chi connectivity index (χ2n) is 5.00. The second-order valence-corrected chi connectivity index (χ2v) is 7.47. The van der Waals surface area contributed by atoms with Gasteiger partial charge in [-0.15, -0.1) is 0 Å². The van der Waals surface area contributed by atoms with Crippen LogP contribution in [0.15, 0.2) is 12.1 Å². The summed E-state index contributed by atoms with van der Waals surface area (Å²) in [6, 6.07) is 3.60. The Morgan fingerprint density at radius 2 is 1.80 bits per heavy atom. The van der Waals surface area contributed by atoms with Crippen LogP contribution in [0.4, 0.5) is 5.69 Å². The molecule has 0 aromatic heterocycles. The lowest BCUT2D eigenvalue weighted by atomic mass is 10.0. The summed E-state index contributed by atoms with van der Waals surface area (Å²) >= 11 is 0. The molecule has 108 valence electrons. The summed E-state index contributed by atoms with van der Waals surface area (Å²) in [7, 11) is -3.18. The minimum Gasteiger partial charge on any atom is -0.304 e. The van der Waals surface area contributed by atoms with Gasteiger partial charge in [-0.25, -0.2) is 8.42 Å². The number of benzene rings is 1. The Balaban J connectivity index is 2.38. The van der Waals surface area contributed by atoms with E-state index in [1.807, 2.05) is 13.0 Å². The smallest absolute Gasteiger partial charge is 0.299 e. The van der Waals surface area contributed by atoms with Gasteiger partial charge in [-0.1, -0.05) is 13.0 Å². The molecule has 0 unspecified atom stereocenters. The predicted molar refractivity (Wildman–Crippen MR) is 76.9 cm³/mol. The third-order valence-corrected chi connectivity index (χ3v) is 5.17. The Bertz CT molecular complexity index is 691. The molecule has 0 saturated carbocycles. The molecule has 2 rings (SSSR count). The van der Waals surface area contributed by atoms with E-state index in [1.165, 1.54) is 4.90 Å². The zero-order valence-electron chi connectivity index (χ0n) is 11.8. The fraction of sp³-hybridized carbons (Fsp3) is 0.429. The first-order chi connectivity index (χ1) is 9.26. The summed E-state index contributed by atoms with van der Waals surface area (Å²) in [5.41, 5.74) is 2.62. The van der Waals surface area contributed by atoms with Crippen LogP contribution in [0.3, 0.4) is 0 Å². The Labute approximate surface area is 118 Å². The number of carbonyl (C=O) groups is 2. The van der Waals surface area contributed by atoms with Crippen molar-refractivity contribution in [2.45, 2.75) is 20.8 Å². The normalized spacial score (nSPS) is 14.8. The fourth-order valence-corrected chi connectivity index (χ4v) is 3.14. The highest BCUT2D eigenvalue weighted by atomic mass is 32.2.